The zero-order chi connectivity index (χ0) is 28.6. The summed E-state index contributed by atoms with van der Waals surface area (Å²) in [7, 11) is 1.24. The number of rotatable bonds is 10. The number of carbonyl (C=O) groups is 1. The van der Waals surface area contributed by atoms with Crippen LogP contribution in [0.25, 0.3) is 22.6 Å². The van der Waals surface area contributed by atoms with Crippen molar-refractivity contribution >= 4 is 23.5 Å². The number of ether oxygens (including phenoxy) is 1. The SMILES string of the molecule is COC(=O)c1oc(-c2ccccc2)nc1CSc1nc(N)c(C#N)c(-c2ccc(CC[C@@H](O)CO)cc2)c1C#N. The molecule has 2 heterocycles. The summed E-state index contributed by atoms with van der Waals surface area (Å²) >= 11 is 1.13. The van der Waals surface area contributed by atoms with Crippen LogP contribution >= 0.6 is 11.8 Å². The molecule has 11 heteroatoms. The van der Waals surface area contributed by atoms with Crippen molar-refractivity contribution in [2.24, 2.45) is 0 Å². The molecule has 0 unspecified atom stereocenters. The number of hydrogen-bond donors (Lipinski definition) is 3. The van der Waals surface area contributed by atoms with E-state index in [0.29, 0.717) is 35.2 Å². The van der Waals surface area contributed by atoms with E-state index in [0.717, 1.165) is 17.3 Å². The maximum absolute atomic E-state index is 12.4. The smallest absolute Gasteiger partial charge is 0.376 e. The molecule has 2 aromatic heterocycles. The van der Waals surface area contributed by atoms with Gasteiger partial charge < -0.3 is 25.1 Å². The number of aliphatic hydroxyl groups excluding tert-OH is 2. The summed E-state index contributed by atoms with van der Waals surface area (Å²) in [5, 5.41) is 38.9. The Labute approximate surface area is 234 Å². The Morgan fingerprint density at radius 2 is 1.77 bits per heavy atom. The Kier molecular flexibility index (Phi) is 9.15. The molecule has 0 fully saturated rings. The molecule has 0 radical (unpaired) electrons. The quantitative estimate of drug-likeness (QED) is 0.189. The van der Waals surface area contributed by atoms with Gasteiger partial charge in [0.1, 0.15) is 34.2 Å². The van der Waals surface area contributed by atoms with E-state index in [1.54, 1.807) is 24.3 Å². The number of benzene rings is 2. The highest BCUT2D eigenvalue weighted by Crippen LogP contribution is 2.37. The molecule has 4 aromatic rings. The molecule has 10 nitrogen and oxygen atoms in total. The van der Waals surface area contributed by atoms with Gasteiger partial charge in [-0.05, 0) is 36.1 Å². The standard InChI is InChI=1S/C29H25N5O5S/c1-38-29(37)25-23(33-27(39-25)19-5-3-2-4-6-19)16-40-28-22(14-31)24(21(13-30)26(32)34-28)18-10-7-17(8-11-18)9-12-20(36)15-35/h2-8,10-11,20,35-36H,9,12,15-16H2,1H3,(H2,32,34)/t20-/m1/s1. The first kappa shape index (κ1) is 28.3. The van der Waals surface area contributed by atoms with Crippen molar-refractivity contribution in [3.8, 4) is 34.7 Å². The first-order valence-corrected chi connectivity index (χ1v) is 13.2. The molecule has 0 aliphatic carbocycles. The molecule has 0 aliphatic rings. The highest BCUT2D eigenvalue weighted by atomic mass is 32.2. The number of methoxy groups -OCH3 is 1. The van der Waals surface area contributed by atoms with Gasteiger partial charge in [-0.2, -0.15) is 10.5 Å². The predicted molar refractivity (Wildman–Crippen MR) is 148 cm³/mol. The molecule has 0 spiro atoms. The molecule has 1 atom stereocenters. The lowest BCUT2D eigenvalue weighted by Gasteiger charge is -2.13. The van der Waals surface area contributed by atoms with Crippen LogP contribution in [0, 0.1) is 22.7 Å². The number of aryl methyl sites for hydroxylation is 1. The molecule has 0 aliphatic heterocycles. The lowest BCUT2D eigenvalue weighted by atomic mass is 9.95. The number of aromatic nitrogens is 2. The van der Waals surface area contributed by atoms with Gasteiger partial charge in [0.2, 0.25) is 11.7 Å². The van der Waals surface area contributed by atoms with E-state index in [9.17, 15) is 20.4 Å². The van der Waals surface area contributed by atoms with E-state index in [2.05, 4.69) is 22.1 Å². The number of nitrogens with two attached hydrogens (primary N) is 1. The monoisotopic (exact) mass is 555 g/mol. The summed E-state index contributed by atoms with van der Waals surface area (Å²) < 4.78 is 10.6. The third-order valence-electron chi connectivity index (χ3n) is 6.07. The second kappa shape index (κ2) is 12.9. The van der Waals surface area contributed by atoms with Crippen molar-refractivity contribution in [2.75, 3.05) is 19.5 Å². The van der Waals surface area contributed by atoms with Crippen molar-refractivity contribution in [1.82, 2.24) is 9.97 Å². The molecule has 2 aromatic carbocycles. The number of oxazole rings is 1. The summed E-state index contributed by atoms with van der Waals surface area (Å²) in [4.78, 5) is 21.2. The first-order chi connectivity index (χ1) is 19.4. The molecule has 0 bridgehead atoms. The van der Waals surface area contributed by atoms with Gasteiger partial charge in [0, 0.05) is 16.9 Å². The number of esters is 1. The van der Waals surface area contributed by atoms with Crippen LogP contribution in [0.5, 0.6) is 0 Å². The number of nitrogens with zero attached hydrogens (tertiary/aromatic N) is 4. The van der Waals surface area contributed by atoms with Gasteiger partial charge >= 0.3 is 5.97 Å². The summed E-state index contributed by atoms with van der Waals surface area (Å²) in [5.74, 6) is -0.426. The van der Waals surface area contributed by atoms with E-state index in [4.69, 9.17) is 20.0 Å². The van der Waals surface area contributed by atoms with Gasteiger partial charge in [-0.15, -0.1) is 0 Å². The van der Waals surface area contributed by atoms with E-state index < -0.39 is 12.1 Å². The van der Waals surface area contributed by atoms with Crippen molar-refractivity contribution in [3.63, 3.8) is 0 Å². The Balaban J connectivity index is 1.69. The molecule has 202 valence electrons. The van der Waals surface area contributed by atoms with Gasteiger partial charge in [-0.3, -0.25) is 0 Å². The number of nitriles is 2. The van der Waals surface area contributed by atoms with Crippen LogP contribution in [0.2, 0.25) is 0 Å². The number of anilines is 1. The summed E-state index contributed by atoms with van der Waals surface area (Å²) in [6, 6.07) is 20.5. The Hall–Kier alpha value is -4.68. The average molecular weight is 556 g/mol. The molecule has 0 saturated heterocycles. The fourth-order valence-electron chi connectivity index (χ4n) is 4.00. The average Bonchev–Trinajstić information content (AvgIpc) is 3.43. The molecule has 40 heavy (non-hydrogen) atoms. The fourth-order valence-corrected chi connectivity index (χ4v) is 4.92. The number of aliphatic hydroxyl groups is 2. The van der Waals surface area contributed by atoms with Gasteiger partial charge in [0.05, 0.1) is 25.4 Å². The van der Waals surface area contributed by atoms with E-state index in [1.165, 1.54) is 7.11 Å². The first-order valence-electron chi connectivity index (χ1n) is 12.2. The lowest BCUT2D eigenvalue weighted by molar-refractivity contribution is 0.0565. The number of hydrogen-bond acceptors (Lipinski definition) is 11. The van der Waals surface area contributed by atoms with E-state index in [-0.39, 0.29) is 46.0 Å². The van der Waals surface area contributed by atoms with Crippen molar-refractivity contribution < 1.29 is 24.2 Å². The molecule has 0 amide bonds. The fraction of sp³-hybridized carbons (Fsp3) is 0.207. The van der Waals surface area contributed by atoms with Crippen LogP contribution in [-0.4, -0.2) is 46.0 Å². The third-order valence-corrected chi connectivity index (χ3v) is 7.06. The van der Waals surface area contributed by atoms with Crippen LogP contribution in [0.3, 0.4) is 0 Å². The normalized spacial score (nSPS) is 11.4. The van der Waals surface area contributed by atoms with Crippen LogP contribution < -0.4 is 5.73 Å². The lowest BCUT2D eigenvalue weighted by Crippen LogP contribution is -2.12. The van der Waals surface area contributed by atoms with Crippen LogP contribution in [0.15, 0.2) is 64.0 Å². The minimum atomic E-state index is -0.803. The summed E-state index contributed by atoms with van der Waals surface area (Å²) in [6.45, 7) is -0.311. The predicted octanol–water partition coefficient (Wildman–Crippen LogP) is 4.09. The summed E-state index contributed by atoms with van der Waals surface area (Å²) in [5.41, 5.74) is 9.23. The molecular formula is C29H25N5O5S. The largest absolute Gasteiger partial charge is 0.463 e. The second-order valence-electron chi connectivity index (χ2n) is 8.66. The van der Waals surface area contributed by atoms with Crippen LogP contribution in [0.4, 0.5) is 5.82 Å². The number of nitrogen functional groups attached to an aromatic ring is 1. The zero-order valence-corrected chi connectivity index (χ0v) is 22.3. The van der Waals surface area contributed by atoms with Crippen molar-refractivity contribution in [1.29, 1.82) is 10.5 Å². The minimum Gasteiger partial charge on any atom is -0.463 e. The van der Waals surface area contributed by atoms with Crippen molar-refractivity contribution in [2.45, 2.75) is 29.7 Å². The topological polar surface area (TPSA) is 179 Å². The zero-order valence-electron chi connectivity index (χ0n) is 21.5. The van der Waals surface area contributed by atoms with Gasteiger partial charge in [0.15, 0.2) is 0 Å². The Bertz CT molecular complexity index is 1590. The molecule has 4 rings (SSSR count). The molecular weight excluding hydrogens is 530 g/mol. The number of carbonyl (C=O) groups excluding carboxylic acids is 1. The van der Waals surface area contributed by atoms with Crippen molar-refractivity contribution in [3.05, 3.63) is 82.7 Å². The number of thioether (sulfide) groups is 1. The van der Waals surface area contributed by atoms with Crippen LogP contribution in [-0.2, 0) is 16.9 Å². The van der Waals surface area contributed by atoms with E-state index >= 15 is 0 Å². The van der Waals surface area contributed by atoms with Crippen LogP contribution in [0.1, 0.15) is 39.4 Å². The number of pyridine rings is 1. The molecule has 4 N–H and O–H groups in total. The van der Waals surface area contributed by atoms with Gasteiger partial charge in [0.25, 0.3) is 0 Å². The maximum atomic E-state index is 12.4. The molecule has 0 saturated carbocycles. The Morgan fingerprint density at radius 1 is 1.07 bits per heavy atom. The summed E-state index contributed by atoms with van der Waals surface area (Å²) in [6.07, 6.45) is 0.138. The third kappa shape index (κ3) is 6.14. The minimum absolute atomic E-state index is 0.0348. The highest BCUT2D eigenvalue weighted by molar-refractivity contribution is 7.98. The second-order valence-corrected chi connectivity index (χ2v) is 9.63. The maximum Gasteiger partial charge on any atom is 0.376 e. The van der Waals surface area contributed by atoms with E-state index in [1.807, 2.05) is 30.3 Å². The Morgan fingerprint density at radius 3 is 2.40 bits per heavy atom. The van der Waals surface area contributed by atoms with Gasteiger partial charge in [-0.1, -0.05) is 54.2 Å². The highest BCUT2D eigenvalue weighted by Gasteiger charge is 2.25. The van der Waals surface area contributed by atoms with Gasteiger partial charge in [-0.25, -0.2) is 14.8 Å².